The van der Waals surface area contributed by atoms with Crippen molar-refractivity contribution in [2.45, 2.75) is 39.3 Å². The van der Waals surface area contributed by atoms with Gasteiger partial charge >= 0.3 is 11.6 Å². The van der Waals surface area contributed by atoms with Crippen molar-refractivity contribution in [1.82, 2.24) is 25.3 Å². The zero-order valence-corrected chi connectivity index (χ0v) is 18.7. The van der Waals surface area contributed by atoms with Gasteiger partial charge in [0.1, 0.15) is 27.9 Å². The average molecular weight is 473 g/mol. The van der Waals surface area contributed by atoms with Crippen LogP contribution in [0.15, 0.2) is 36.4 Å². The Bertz CT molecular complexity index is 901. The van der Waals surface area contributed by atoms with Crippen LogP contribution in [-0.4, -0.2) is 39.7 Å². The fourth-order valence-electron chi connectivity index (χ4n) is 2.44. The van der Waals surface area contributed by atoms with E-state index in [4.69, 9.17) is 37.4 Å². The number of halogens is 2. The number of aliphatic hydroxyl groups excluding tert-OH is 1. The number of hydrogen-bond acceptors (Lipinski definition) is 9. The van der Waals surface area contributed by atoms with Crippen LogP contribution in [0.4, 0.5) is 0 Å². The molecule has 9 nitrogen and oxygen atoms in total. The van der Waals surface area contributed by atoms with Crippen molar-refractivity contribution in [3.8, 4) is 0 Å². The molecule has 0 fully saturated rings. The van der Waals surface area contributed by atoms with Crippen molar-refractivity contribution < 1.29 is 13.5 Å². The summed E-state index contributed by atoms with van der Waals surface area (Å²) in [5.41, 5.74) is 9.71. The van der Waals surface area contributed by atoms with Crippen LogP contribution in [-0.2, 0) is 11.6 Å². The Labute approximate surface area is 188 Å². The summed E-state index contributed by atoms with van der Waals surface area (Å²) in [6.07, 6.45) is 9.99. The minimum atomic E-state index is -0.750. The first-order chi connectivity index (χ1) is 14.4. The highest BCUT2D eigenvalue weighted by Crippen LogP contribution is 2.26. The monoisotopic (exact) mass is 472 g/mol. The second-order valence-electron chi connectivity index (χ2n) is 5.79. The fraction of sp³-hybridized carbons (Fsp3) is 0.333. The predicted molar refractivity (Wildman–Crippen MR) is 116 cm³/mol. The maximum Gasteiger partial charge on any atom is 0.335 e. The first-order valence-corrected chi connectivity index (χ1v) is 10.2. The van der Waals surface area contributed by atoms with Gasteiger partial charge in [-0.2, -0.15) is 8.42 Å². The first-order valence-electron chi connectivity index (χ1n) is 8.82. The standard InChI is InChI=1S/C11H14ClN3O.C7H8ClN3.O2S/c1-2-7-3-4-10(16)15-11(7)8-5-14-9(12)6-13-8;1-2-5(9)6-3-11-7(8)4-10-6;1-3-2/h5-6,10,15-16H,2-4H2,1H3;2-4H,9H2,1H3;. The minimum absolute atomic E-state index is 0.373. The molecule has 3 heterocycles. The van der Waals surface area contributed by atoms with E-state index in [0.29, 0.717) is 21.7 Å². The molecule has 0 radical (unpaired) electrons. The molecule has 12 heteroatoms. The van der Waals surface area contributed by atoms with Crippen molar-refractivity contribution in [3.63, 3.8) is 0 Å². The van der Waals surface area contributed by atoms with Crippen molar-refractivity contribution in [1.29, 1.82) is 0 Å². The molecule has 1 aliphatic rings. The highest BCUT2D eigenvalue weighted by Gasteiger charge is 2.19. The second-order valence-corrected chi connectivity index (χ2v) is 6.70. The number of nitrogens with zero attached hydrogens (tertiary/aromatic N) is 4. The molecule has 1 unspecified atom stereocenters. The average Bonchev–Trinajstić information content (AvgIpc) is 2.75. The molecular formula is C18H22Cl2N6O3S. The largest absolute Gasteiger partial charge is 0.397 e. The number of nitrogens with one attached hydrogen (secondary N) is 1. The van der Waals surface area contributed by atoms with E-state index in [1.807, 2.05) is 6.92 Å². The molecule has 1 atom stereocenters. The Morgan fingerprint density at radius 1 is 1.20 bits per heavy atom. The van der Waals surface area contributed by atoms with Crippen LogP contribution in [0.2, 0.25) is 10.3 Å². The zero-order chi connectivity index (χ0) is 22.5. The molecule has 0 amide bonds. The van der Waals surface area contributed by atoms with Gasteiger partial charge in [0.2, 0.25) is 0 Å². The van der Waals surface area contributed by atoms with Crippen LogP contribution in [0.1, 0.15) is 44.5 Å². The maximum atomic E-state index is 9.59. The lowest BCUT2D eigenvalue weighted by Gasteiger charge is -2.25. The van der Waals surface area contributed by atoms with E-state index >= 15 is 0 Å². The van der Waals surface area contributed by atoms with E-state index in [9.17, 15) is 5.11 Å². The summed E-state index contributed by atoms with van der Waals surface area (Å²) in [5.74, 6) is 0. The summed E-state index contributed by atoms with van der Waals surface area (Å²) in [6.45, 7) is 3.93. The quantitative estimate of drug-likeness (QED) is 0.613. The van der Waals surface area contributed by atoms with E-state index in [0.717, 1.165) is 30.7 Å². The molecule has 3 rings (SSSR count). The van der Waals surface area contributed by atoms with E-state index < -0.39 is 17.8 Å². The topological polar surface area (TPSA) is 144 Å². The van der Waals surface area contributed by atoms with Gasteiger partial charge in [-0.3, -0.25) is 0 Å². The van der Waals surface area contributed by atoms with E-state index in [-0.39, 0.29) is 0 Å². The van der Waals surface area contributed by atoms with Gasteiger partial charge in [0, 0.05) is 0 Å². The van der Waals surface area contributed by atoms with Crippen LogP contribution in [0.5, 0.6) is 0 Å². The van der Waals surface area contributed by atoms with Crippen molar-refractivity contribution in [3.05, 3.63) is 58.1 Å². The van der Waals surface area contributed by atoms with E-state index in [1.165, 1.54) is 24.2 Å². The second kappa shape index (κ2) is 13.8. The van der Waals surface area contributed by atoms with Gasteiger partial charge in [-0.15, -0.1) is 0 Å². The zero-order valence-electron chi connectivity index (χ0n) is 16.4. The summed E-state index contributed by atoms with van der Waals surface area (Å²) < 4.78 is 16.6. The number of aromatic nitrogens is 4. The molecule has 162 valence electrons. The number of rotatable bonds is 3. The predicted octanol–water partition coefficient (Wildman–Crippen LogP) is 2.73. The van der Waals surface area contributed by atoms with Crippen molar-refractivity contribution >= 4 is 46.2 Å². The smallest absolute Gasteiger partial charge is 0.335 e. The SMILES string of the molecule is CC=C(N)c1cnc(Cl)cn1.CCC1=C(c2cnc(Cl)cn2)NC(O)CC1.O=S=O. The van der Waals surface area contributed by atoms with E-state index in [2.05, 4.69) is 32.2 Å². The normalized spacial score (nSPS) is 15.8. The molecule has 0 spiro atoms. The summed E-state index contributed by atoms with van der Waals surface area (Å²) in [7, 11) is 0. The summed E-state index contributed by atoms with van der Waals surface area (Å²) in [4.78, 5) is 16.0. The summed E-state index contributed by atoms with van der Waals surface area (Å²) in [6, 6.07) is 0. The lowest BCUT2D eigenvalue weighted by Crippen LogP contribution is -2.32. The molecule has 4 N–H and O–H groups in total. The lowest BCUT2D eigenvalue weighted by atomic mass is 9.99. The van der Waals surface area contributed by atoms with Gasteiger partial charge in [0.25, 0.3) is 0 Å². The molecule has 2 aromatic rings. The molecule has 2 aromatic heterocycles. The van der Waals surface area contributed by atoms with Crippen molar-refractivity contribution in [2.75, 3.05) is 0 Å². The third-order valence-electron chi connectivity index (χ3n) is 3.91. The molecule has 0 aromatic carbocycles. The molecule has 0 saturated carbocycles. The van der Waals surface area contributed by atoms with E-state index in [1.54, 1.807) is 12.3 Å². The molecule has 30 heavy (non-hydrogen) atoms. The highest BCUT2D eigenvalue weighted by molar-refractivity contribution is 7.51. The lowest BCUT2D eigenvalue weighted by molar-refractivity contribution is 0.141. The van der Waals surface area contributed by atoms with Crippen LogP contribution in [0.25, 0.3) is 11.4 Å². The van der Waals surface area contributed by atoms with Gasteiger partial charge < -0.3 is 16.2 Å². The van der Waals surface area contributed by atoms with Crippen LogP contribution in [0, 0.1) is 0 Å². The molecule has 0 bridgehead atoms. The number of nitrogens with two attached hydrogens (primary N) is 1. The summed E-state index contributed by atoms with van der Waals surface area (Å²) in [5, 5.41) is 13.4. The van der Waals surface area contributed by atoms with Crippen LogP contribution < -0.4 is 11.1 Å². The minimum Gasteiger partial charge on any atom is -0.397 e. The fourth-order valence-corrected chi connectivity index (χ4v) is 2.63. The van der Waals surface area contributed by atoms with Crippen LogP contribution in [0.3, 0.4) is 0 Å². The van der Waals surface area contributed by atoms with Gasteiger partial charge in [0.05, 0.1) is 36.2 Å². The van der Waals surface area contributed by atoms with Crippen LogP contribution >= 0.6 is 23.2 Å². The Balaban J connectivity index is 0.000000280. The van der Waals surface area contributed by atoms with Gasteiger partial charge in [-0.1, -0.05) is 36.2 Å². The van der Waals surface area contributed by atoms with Gasteiger partial charge in [0.15, 0.2) is 0 Å². The number of hydrogen-bond donors (Lipinski definition) is 3. The Morgan fingerprint density at radius 3 is 2.27 bits per heavy atom. The molecular weight excluding hydrogens is 451 g/mol. The van der Waals surface area contributed by atoms with Gasteiger partial charge in [-0.05, 0) is 31.8 Å². The first kappa shape index (κ1) is 25.6. The highest BCUT2D eigenvalue weighted by atomic mass is 35.5. The Morgan fingerprint density at radius 2 is 1.80 bits per heavy atom. The number of allylic oxidation sites excluding steroid dienone is 2. The Kier molecular flexibility index (Phi) is 11.8. The van der Waals surface area contributed by atoms with Crippen molar-refractivity contribution in [2.24, 2.45) is 5.73 Å². The third kappa shape index (κ3) is 8.54. The number of aliphatic hydroxyl groups is 1. The molecule has 0 aliphatic carbocycles. The Hall–Kier alpha value is -2.40. The molecule has 0 saturated heterocycles. The third-order valence-corrected chi connectivity index (χ3v) is 4.30. The van der Waals surface area contributed by atoms with Gasteiger partial charge in [-0.25, -0.2) is 19.9 Å². The molecule has 1 aliphatic heterocycles. The summed E-state index contributed by atoms with van der Waals surface area (Å²) >= 11 is 10.5. The maximum absolute atomic E-state index is 9.59.